The van der Waals surface area contributed by atoms with Crippen molar-refractivity contribution < 1.29 is 9.59 Å². The van der Waals surface area contributed by atoms with E-state index in [1.165, 1.54) is 34.7 Å². The first-order valence-corrected chi connectivity index (χ1v) is 7.28. The molecular formula is C11H12N6O2S2. The van der Waals surface area contributed by atoms with Crippen LogP contribution < -0.4 is 22.3 Å². The number of rotatable bonds is 2. The number of carbonyl (C=O) groups excluding carboxylic acids is 2. The molecular weight excluding hydrogens is 312 g/mol. The van der Waals surface area contributed by atoms with E-state index in [2.05, 4.69) is 16.0 Å². The second kappa shape index (κ2) is 5.97. The normalized spacial score (nSPS) is 10.3. The number of primary amides is 1. The third kappa shape index (κ3) is 3.06. The fraction of sp³-hybridized carbons (Fsp3) is 0.0909. The highest BCUT2D eigenvalue weighted by Crippen LogP contribution is 2.19. The van der Waals surface area contributed by atoms with Crippen LogP contribution in [-0.2, 0) is 0 Å². The van der Waals surface area contributed by atoms with Gasteiger partial charge in [0.25, 0.3) is 11.8 Å². The molecule has 0 bridgehead atoms. The Bertz CT molecular complexity index is 742. The van der Waals surface area contributed by atoms with Gasteiger partial charge in [-0.25, -0.2) is 4.52 Å². The molecule has 0 atom stereocenters. The molecule has 10 heteroatoms. The molecule has 0 aliphatic carbocycles. The van der Waals surface area contributed by atoms with Crippen molar-refractivity contribution in [1.29, 1.82) is 0 Å². The number of amides is 2. The first kappa shape index (κ1) is 15.1. The summed E-state index contributed by atoms with van der Waals surface area (Å²) in [6, 6.07) is 1.51. The molecule has 0 aliphatic heterocycles. The molecule has 2 aromatic rings. The van der Waals surface area contributed by atoms with Gasteiger partial charge in [-0.05, 0) is 12.3 Å². The van der Waals surface area contributed by atoms with Crippen LogP contribution in [0, 0.1) is 0 Å². The summed E-state index contributed by atoms with van der Waals surface area (Å²) >= 11 is 6.19. The third-order valence-electron chi connectivity index (χ3n) is 2.67. The first-order valence-electron chi connectivity index (χ1n) is 5.65. The van der Waals surface area contributed by atoms with Crippen molar-refractivity contribution in [2.75, 3.05) is 12.0 Å². The molecule has 6 N–H and O–H groups in total. The quantitative estimate of drug-likeness (QED) is 0.448. The van der Waals surface area contributed by atoms with E-state index >= 15 is 0 Å². The number of hydrazine groups is 1. The molecule has 8 nitrogen and oxygen atoms in total. The summed E-state index contributed by atoms with van der Waals surface area (Å²) in [7, 11) is 0. The number of thiocarbonyl (C=S) groups is 1. The van der Waals surface area contributed by atoms with Crippen LogP contribution in [0.5, 0.6) is 0 Å². The largest absolute Gasteiger partial charge is 0.396 e. The predicted octanol–water partition coefficient (Wildman–Crippen LogP) is -0.102. The topological polar surface area (TPSA) is 128 Å². The molecule has 0 radical (unpaired) electrons. The van der Waals surface area contributed by atoms with Crippen molar-refractivity contribution in [2.45, 2.75) is 0 Å². The van der Waals surface area contributed by atoms with Crippen LogP contribution in [0.1, 0.15) is 20.7 Å². The molecule has 21 heavy (non-hydrogen) atoms. The minimum atomic E-state index is -0.679. The van der Waals surface area contributed by atoms with E-state index in [0.717, 1.165) is 0 Å². The minimum Gasteiger partial charge on any atom is -0.396 e. The van der Waals surface area contributed by atoms with E-state index in [0.29, 0.717) is 15.4 Å². The molecule has 2 amide bonds. The molecule has 0 saturated heterocycles. The van der Waals surface area contributed by atoms with E-state index in [4.69, 9.17) is 23.7 Å². The maximum absolute atomic E-state index is 11.9. The van der Waals surface area contributed by atoms with Crippen LogP contribution >= 0.6 is 24.0 Å². The smallest absolute Gasteiger partial charge is 0.271 e. The summed E-state index contributed by atoms with van der Waals surface area (Å²) in [6.45, 7) is 0. The molecule has 2 heterocycles. The van der Waals surface area contributed by atoms with E-state index in [9.17, 15) is 9.59 Å². The molecule has 0 aromatic carbocycles. The molecule has 0 spiro atoms. The zero-order chi connectivity index (χ0) is 15.6. The second-order valence-corrected chi connectivity index (χ2v) is 5.45. The van der Waals surface area contributed by atoms with Crippen molar-refractivity contribution >= 4 is 51.3 Å². The van der Waals surface area contributed by atoms with Gasteiger partial charge in [-0.1, -0.05) is 24.0 Å². The van der Waals surface area contributed by atoms with Crippen molar-refractivity contribution in [1.82, 2.24) is 20.5 Å². The lowest BCUT2D eigenvalue weighted by Crippen LogP contribution is -2.39. The standard InChI is InChI=1S/C11H12N6O2S2/c1-21-11(20)16-15-10(19)5-2-7-8(12)6(9(13)18)3-14-17(7)4-5/h2-4H,12H2,1H3,(H2,13,18)(H,15,19)(H,16,20). The number of nitrogens with two attached hydrogens (primary N) is 2. The van der Waals surface area contributed by atoms with Crippen molar-refractivity contribution in [3.63, 3.8) is 0 Å². The summed E-state index contributed by atoms with van der Waals surface area (Å²) in [5, 5.41) is 3.98. The zero-order valence-corrected chi connectivity index (χ0v) is 12.5. The number of nitrogens with zero attached hydrogens (tertiary/aromatic N) is 2. The van der Waals surface area contributed by atoms with Crippen LogP contribution in [0.2, 0.25) is 0 Å². The molecule has 2 aromatic heterocycles. The Morgan fingerprint density at radius 1 is 1.43 bits per heavy atom. The number of hydrogen-bond acceptors (Lipinski definition) is 6. The van der Waals surface area contributed by atoms with Crippen LogP contribution in [0.15, 0.2) is 18.5 Å². The molecule has 0 aliphatic rings. The Kier molecular flexibility index (Phi) is 4.29. The third-order valence-corrected chi connectivity index (χ3v) is 3.74. The number of aromatic nitrogens is 2. The Hall–Kier alpha value is -2.33. The number of thioether (sulfide) groups is 1. The van der Waals surface area contributed by atoms with Gasteiger partial charge in [-0.2, -0.15) is 5.10 Å². The molecule has 0 unspecified atom stereocenters. The van der Waals surface area contributed by atoms with Gasteiger partial charge in [0.2, 0.25) is 0 Å². The summed E-state index contributed by atoms with van der Waals surface area (Å²) < 4.78 is 1.82. The van der Waals surface area contributed by atoms with E-state index in [-0.39, 0.29) is 11.3 Å². The average molecular weight is 324 g/mol. The highest BCUT2D eigenvalue weighted by atomic mass is 32.2. The maximum atomic E-state index is 11.9. The number of fused-ring (bicyclic) bond motifs is 1. The van der Waals surface area contributed by atoms with Gasteiger partial charge in [0.15, 0.2) is 4.32 Å². The molecule has 0 fully saturated rings. The molecule has 110 valence electrons. The predicted molar refractivity (Wildman–Crippen MR) is 84.8 cm³/mol. The van der Waals surface area contributed by atoms with Gasteiger partial charge in [-0.15, -0.1) is 0 Å². The highest BCUT2D eigenvalue weighted by Gasteiger charge is 2.15. The number of nitrogens with one attached hydrogen (secondary N) is 2. The van der Waals surface area contributed by atoms with Gasteiger partial charge in [0.05, 0.1) is 28.5 Å². The summed E-state index contributed by atoms with van der Waals surface area (Å²) in [5.41, 5.74) is 17.1. The summed E-state index contributed by atoms with van der Waals surface area (Å²) in [4.78, 5) is 23.2. The van der Waals surface area contributed by atoms with Crippen molar-refractivity contribution in [3.8, 4) is 0 Å². The fourth-order valence-electron chi connectivity index (χ4n) is 1.63. The second-order valence-electron chi connectivity index (χ2n) is 3.97. The zero-order valence-electron chi connectivity index (χ0n) is 10.9. The van der Waals surface area contributed by atoms with Crippen LogP contribution in [0.4, 0.5) is 5.69 Å². The number of hydrogen-bond donors (Lipinski definition) is 4. The monoisotopic (exact) mass is 324 g/mol. The Morgan fingerprint density at radius 3 is 2.76 bits per heavy atom. The SMILES string of the molecule is CSC(=S)NNC(=O)c1cc2c(N)c(C(N)=O)cnn2c1. The van der Waals surface area contributed by atoms with Gasteiger partial charge in [0, 0.05) is 6.20 Å². The van der Waals surface area contributed by atoms with E-state index in [1.54, 1.807) is 6.26 Å². The summed E-state index contributed by atoms with van der Waals surface area (Å²) in [5.74, 6) is -1.08. The van der Waals surface area contributed by atoms with E-state index < -0.39 is 11.8 Å². The lowest BCUT2D eigenvalue weighted by atomic mass is 10.2. The summed E-state index contributed by atoms with van der Waals surface area (Å²) in [6.07, 6.45) is 4.52. The number of nitrogen functional groups attached to an aromatic ring is 1. The van der Waals surface area contributed by atoms with Gasteiger partial charge in [0.1, 0.15) is 0 Å². The Balaban J connectivity index is 2.31. The first-order chi connectivity index (χ1) is 9.93. The molecule has 0 saturated carbocycles. The lowest BCUT2D eigenvalue weighted by molar-refractivity contribution is 0.0943. The number of carbonyl (C=O) groups is 2. The maximum Gasteiger partial charge on any atom is 0.271 e. The Morgan fingerprint density at radius 2 is 2.14 bits per heavy atom. The van der Waals surface area contributed by atoms with Crippen molar-refractivity contribution in [2.24, 2.45) is 5.73 Å². The van der Waals surface area contributed by atoms with E-state index in [1.807, 2.05) is 0 Å². The van der Waals surface area contributed by atoms with Crippen molar-refractivity contribution in [3.05, 3.63) is 29.6 Å². The van der Waals surface area contributed by atoms with Crippen LogP contribution in [0.25, 0.3) is 5.52 Å². The fourth-order valence-corrected chi connectivity index (χ4v) is 1.83. The minimum absolute atomic E-state index is 0.106. The highest BCUT2D eigenvalue weighted by molar-refractivity contribution is 8.22. The lowest BCUT2D eigenvalue weighted by Gasteiger charge is -2.05. The van der Waals surface area contributed by atoms with Gasteiger partial charge in [-0.3, -0.25) is 20.4 Å². The van der Waals surface area contributed by atoms with Crippen LogP contribution in [-0.4, -0.2) is 32.0 Å². The van der Waals surface area contributed by atoms with Crippen LogP contribution in [0.3, 0.4) is 0 Å². The molecule has 2 rings (SSSR count). The average Bonchev–Trinajstić information content (AvgIpc) is 2.89. The van der Waals surface area contributed by atoms with Gasteiger partial charge >= 0.3 is 0 Å². The number of anilines is 1. The Labute approximate surface area is 129 Å². The van der Waals surface area contributed by atoms with Gasteiger partial charge < -0.3 is 11.5 Å².